The van der Waals surface area contributed by atoms with Gasteiger partial charge >= 0.3 is 0 Å². The van der Waals surface area contributed by atoms with Crippen molar-refractivity contribution >= 4 is 43.9 Å². The summed E-state index contributed by atoms with van der Waals surface area (Å²) in [4.78, 5) is 40.5. The molecular formula is C21H26N4O2S2. The number of thiazole rings is 1. The lowest BCUT2D eigenvalue weighted by molar-refractivity contribution is -0.116. The van der Waals surface area contributed by atoms with Crippen molar-refractivity contribution in [3.05, 3.63) is 37.2 Å². The summed E-state index contributed by atoms with van der Waals surface area (Å²) in [6, 6.07) is 0. The number of carbonyl (C=O) groups is 1. The van der Waals surface area contributed by atoms with Crippen molar-refractivity contribution in [3.8, 4) is 0 Å². The smallest absolute Gasteiger partial charge is 0.259 e. The van der Waals surface area contributed by atoms with Gasteiger partial charge in [0, 0.05) is 22.6 Å². The standard InChI is InChI=1S/C21H26N4O2S2/c1-3-7-13-14(4-2)29-21(22-13)25-17(26)11-10-16-23-19(27)18-12-8-5-6-9-15(12)28-20(18)24-16/h3-11H2,1-2H3,(H,22,25,26)(H,23,24,27). The van der Waals surface area contributed by atoms with E-state index in [0.29, 0.717) is 17.4 Å². The molecule has 8 heteroatoms. The maximum absolute atomic E-state index is 12.6. The summed E-state index contributed by atoms with van der Waals surface area (Å²) < 4.78 is 0. The van der Waals surface area contributed by atoms with Crippen molar-refractivity contribution in [3.63, 3.8) is 0 Å². The van der Waals surface area contributed by atoms with Crippen LogP contribution in [0.1, 0.15) is 66.4 Å². The molecule has 0 unspecified atom stereocenters. The van der Waals surface area contributed by atoms with Crippen LogP contribution >= 0.6 is 22.7 Å². The molecule has 29 heavy (non-hydrogen) atoms. The number of aromatic amines is 1. The zero-order valence-electron chi connectivity index (χ0n) is 16.9. The Bertz CT molecular complexity index is 1100. The molecule has 4 rings (SSSR count). The minimum absolute atomic E-state index is 0.0680. The van der Waals surface area contributed by atoms with E-state index in [1.165, 1.54) is 21.7 Å². The Morgan fingerprint density at radius 2 is 1.97 bits per heavy atom. The van der Waals surface area contributed by atoms with Crippen LogP contribution < -0.4 is 10.9 Å². The first-order chi connectivity index (χ1) is 14.1. The zero-order chi connectivity index (χ0) is 20.4. The van der Waals surface area contributed by atoms with E-state index in [1.807, 2.05) is 0 Å². The predicted octanol–water partition coefficient (Wildman–Crippen LogP) is 4.41. The van der Waals surface area contributed by atoms with Crippen LogP contribution in [-0.2, 0) is 36.9 Å². The summed E-state index contributed by atoms with van der Waals surface area (Å²) in [6.07, 6.45) is 7.91. The molecule has 1 aliphatic carbocycles. The number of amides is 1. The lowest BCUT2D eigenvalue weighted by Gasteiger charge is -2.09. The third-order valence-electron chi connectivity index (χ3n) is 5.30. The summed E-state index contributed by atoms with van der Waals surface area (Å²) in [5, 5.41) is 4.33. The van der Waals surface area contributed by atoms with Gasteiger partial charge < -0.3 is 10.3 Å². The van der Waals surface area contributed by atoms with Crippen LogP contribution in [0.2, 0.25) is 0 Å². The molecule has 6 nitrogen and oxygen atoms in total. The molecule has 3 aromatic heterocycles. The molecule has 2 N–H and O–H groups in total. The van der Waals surface area contributed by atoms with E-state index in [-0.39, 0.29) is 17.9 Å². The first kappa shape index (κ1) is 20.2. The maximum atomic E-state index is 12.6. The van der Waals surface area contributed by atoms with E-state index >= 15 is 0 Å². The van der Waals surface area contributed by atoms with Crippen LogP contribution in [0.25, 0.3) is 10.2 Å². The molecule has 154 valence electrons. The molecule has 1 amide bonds. The topological polar surface area (TPSA) is 87.7 Å². The predicted molar refractivity (Wildman–Crippen MR) is 119 cm³/mol. The Morgan fingerprint density at radius 3 is 2.76 bits per heavy atom. The molecule has 3 heterocycles. The van der Waals surface area contributed by atoms with Gasteiger partial charge in [-0.25, -0.2) is 9.97 Å². The lowest BCUT2D eigenvalue weighted by atomic mass is 9.97. The fourth-order valence-corrected chi connectivity index (χ4v) is 6.13. The first-order valence-corrected chi connectivity index (χ1v) is 12.0. The minimum atomic E-state index is -0.0994. The van der Waals surface area contributed by atoms with Crippen LogP contribution in [0.5, 0.6) is 0 Å². The van der Waals surface area contributed by atoms with E-state index in [9.17, 15) is 9.59 Å². The molecule has 0 aromatic carbocycles. The summed E-state index contributed by atoms with van der Waals surface area (Å²) in [7, 11) is 0. The molecule has 1 aliphatic rings. The summed E-state index contributed by atoms with van der Waals surface area (Å²) >= 11 is 3.19. The number of H-pyrrole nitrogens is 1. The quantitative estimate of drug-likeness (QED) is 0.581. The summed E-state index contributed by atoms with van der Waals surface area (Å²) in [5.41, 5.74) is 2.21. The van der Waals surface area contributed by atoms with Crippen molar-refractivity contribution in [2.75, 3.05) is 5.32 Å². The Balaban J connectivity index is 1.44. The van der Waals surface area contributed by atoms with E-state index < -0.39 is 0 Å². The average molecular weight is 431 g/mol. The maximum Gasteiger partial charge on any atom is 0.259 e. The number of carbonyl (C=O) groups excluding carboxylic acids is 1. The molecule has 0 spiro atoms. The molecule has 0 radical (unpaired) electrons. The van der Waals surface area contributed by atoms with Crippen molar-refractivity contribution in [2.24, 2.45) is 0 Å². The number of thiophene rings is 1. The Hall–Kier alpha value is -2.06. The highest BCUT2D eigenvalue weighted by molar-refractivity contribution is 7.18. The van der Waals surface area contributed by atoms with Gasteiger partial charge in [0.2, 0.25) is 5.91 Å². The van der Waals surface area contributed by atoms with Crippen LogP contribution in [0.4, 0.5) is 5.13 Å². The van der Waals surface area contributed by atoms with Gasteiger partial charge in [0.25, 0.3) is 5.56 Å². The second-order valence-corrected chi connectivity index (χ2v) is 9.61. The number of anilines is 1. The number of nitrogens with zero attached hydrogens (tertiary/aromatic N) is 2. The number of hydrogen-bond acceptors (Lipinski definition) is 6. The number of nitrogens with one attached hydrogen (secondary N) is 2. The number of rotatable bonds is 7. The normalized spacial score (nSPS) is 13.6. The molecule has 0 saturated carbocycles. The van der Waals surface area contributed by atoms with Gasteiger partial charge in [-0.3, -0.25) is 9.59 Å². The Kier molecular flexibility index (Phi) is 6.10. The molecule has 0 aliphatic heterocycles. The SMILES string of the molecule is CCCc1nc(NC(=O)CCc2nc3sc4c(c3c(=O)[nH]2)CCCC4)sc1CC. The molecule has 0 saturated heterocycles. The van der Waals surface area contributed by atoms with Crippen molar-refractivity contribution < 1.29 is 4.79 Å². The van der Waals surface area contributed by atoms with Crippen molar-refractivity contribution in [1.29, 1.82) is 0 Å². The molecule has 0 fully saturated rings. The van der Waals surface area contributed by atoms with E-state index in [4.69, 9.17) is 0 Å². The third-order valence-corrected chi connectivity index (χ3v) is 7.64. The van der Waals surface area contributed by atoms with Gasteiger partial charge in [0.05, 0.1) is 11.1 Å². The van der Waals surface area contributed by atoms with E-state index in [1.54, 1.807) is 22.7 Å². The third kappa shape index (κ3) is 4.28. The largest absolute Gasteiger partial charge is 0.310 e. The van der Waals surface area contributed by atoms with Gasteiger partial charge in [0.1, 0.15) is 10.7 Å². The molecular weight excluding hydrogens is 404 g/mol. The van der Waals surface area contributed by atoms with Crippen LogP contribution in [0.3, 0.4) is 0 Å². The Morgan fingerprint density at radius 1 is 1.14 bits per heavy atom. The fourth-order valence-electron chi connectivity index (χ4n) is 3.89. The molecule has 3 aromatic rings. The average Bonchev–Trinajstić information content (AvgIpc) is 3.27. The molecule has 0 bridgehead atoms. The Labute approximate surface area is 177 Å². The van der Waals surface area contributed by atoms with E-state index in [2.05, 4.69) is 34.1 Å². The lowest BCUT2D eigenvalue weighted by Crippen LogP contribution is -2.16. The highest BCUT2D eigenvalue weighted by Gasteiger charge is 2.20. The highest BCUT2D eigenvalue weighted by atomic mass is 32.1. The van der Waals surface area contributed by atoms with Gasteiger partial charge in [0.15, 0.2) is 5.13 Å². The summed E-state index contributed by atoms with van der Waals surface area (Å²) in [5.74, 6) is 0.481. The monoisotopic (exact) mass is 430 g/mol. The van der Waals surface area contributed by atoms with Crippen molar-refractivity contribution in [1.82, 2.24) is 15.0 Å². The second-order valence-electron chi connectivity index (χ2n) is 7.44. The van der Waals surface area contributed by atoms with Gasteiger partial charge in [-0.2, -0.15) is 0 Å². The minimum Gasteiger partial charge on any atom is -0.310 e. The van der Waals surface area contributed by atoms with Crippen molar-refractivity contribution in [2.45, 2.75) is 71.6 Å². The zero-order valence-corrected chi connectivity index (χ0v) is 18.5. The summed E-state index contributed by atoms with van der Waals surface area (Å²) in [6.45, 7) is 4.24. The number of fused-ring (bicyclic) bond motifs is 3. The van der Waals surface area contributed by atoms with Gasteiger partial charge in [-0.05, 0) is 44.1 Å². The fraction of sp³-hybridized carbons (Fsp3) is 0.524. The number of aryl methyl sites for hydroxylation is 5. The van der Waals surface area contributed by atoms with E-state index in [0.717, 1.165) is 54.4 Å². The van der Waals surface area contributed by atoms with Crippen LogP contribution in [0, 0.1) is 0 Å². The van der Waals surface area contributed by atoms with Crippen LogP contribution in [-0.4, -0.2) is 20.9 Å². The highest BCUT2D eigenvalue weighted by Crippen LogP contribution is 2.33. The first-order valence-electron chi connectivity index (χ1n) is 10.4. The number of aromatic nitrogens is 3. The second kappa shape index (κ2) is 8.75. The van der Waals surface area contributed by atoms with Crippen LogP contribution in [0.15, 0.2) is 4.79 Å². The van der Waals surface area contributed by atoms with Gasteiger partial charge in [-0.15, -0.1) is 22.7 Å². The number of hydrogen-bond donors (Lipinski definition) is 2. The molecule has 0 atom stereocenters. The van der Waals surface area contributed by atoms with Gasteiger partial charge in [-0.1, -0.05) is 20.3 Å².